The molecule has 2 rings (SSSR count). The molecule has 0 spiro atoms. The second-order valence-corrected chi connectivity index (χ2v) is 5.14. The minimum atomic E-state index is 0.465. The highest BCUT2D eigenvalue weighted by molar-refractivity contribution is 5.00. The van der Waals surface area contributed by atoms with Crippen molar-refractivity contribution in [2.45, 2.75) is 64.3 Å². The number of hydrogen-bond donors (Lipinski definition) is 2. The third-order valence-electron chi connectivity index (χ3n) is 3.57. The van der Waals surface area contributed by atoms with Crippen LogP contribution in [0.25, 0.3) is 0 Å². The second kappa shape index (κ2) is 6.15. The minimum Gasteiger partial charge on any atom is -0.314 e. The van der Waals surface area contributed by atoms with Gasteiger partial charge in [-0.25, -0.2) is 4.98 Å². The van der Waals surface area contributed by atoms with Crippen molar-refractivity contribution in [2.75, 3.05) is 6.54 Å². The fraction of sp³-hybridized carbons (Fsp3) is 0.846. The number of aromatic amines is 1. The fourth-order valence-electron chi connectivity index (χ4n) is 2.66. The van der Waals surface area contributed by atoms with Crippen LogP contribution in [0.3, 0.4) is 0 Å². The van der Waals surface area contributed by atoms with E-state index in [0.717, 1.165) is 24.6 Å². The second-order valence-electron chi connectivity index (χ2n) is 5.14. The normalized spacial score (nSPS) is 19.4. The molecule has 1 aliphatic carbocycles. The largest absolute Gasteiger partial charge is 0.314 e. The van der Waals surface area contributed by atoms with Gasteiger partial charge in [-0.3, -0.25) is 5.10 Å². The van der Waals surface area contributed by atoms with Gasteiger partial charge in [-0.15, -0.1) is 0 Å². The summed E-state index contributed by atoms with van der Waals surface area (Å²) in [5.74, 6) is 2.67. The summed E-state index contributed by atoms with van der Waals surface area (Å²) in [6, 6.07) is 0.465. The Bertz CT molecular complexity index is 328. The van der Waals surface area contributed by atoms with Crippen LogP contribution in [-0.4, -0.2) is 27.8 Å². The van der Waals surface area contributed by atoms with Crippen LogP contribution in [0.5, 0.6) is 0 Å². The maximum atomic E-state index is 4.65. The van der Waals surface area contributed by atoms with E-state index >= 15 is 0 Å². The van der Waals surface area contributed by atoms with Crippen molar-refractivity contribution in [3.05, 3.63) is 11.6 Å². The minimum absolute atomic E-state index is 0.465. The van der Waals surface area contributed by atoms with Gasteiger partial charge in [-0.05, 0) is 26.3 Å². The molecule has 1 aromatic heterocycles. The first-order chi connectivity index (χ1) is 8.29. The topological polar surface area (TPSA) is 53.6 Å². The molecule has 2 N–H and O–H groups in total. The molecular formula is C13H24N4. The van der Waals surface area contributed by atoms with Gasteiger partial charge in [0.25, 0.3) is 0 Å². The van der Waals surface area contributed by atoms with Gasteiger partial charge in [0.15, 0.2) is 5.82 Å². The lowest BCUT2D eigenvalue weighted by atomic mass is 9.89. The highest BCUT2D eigenvalue weighted by atomic mass is 15.2. The van der Waals surface area contributed by atoms with E-state index in [9.17, 15) is 0 Å². The summed E-state index contributed by atoms with van der Waals surface area (Å²) in [5, 5.41) is 10.9. The van der Waals surface area contributed by atoms with E-state index in [4.69, 9.17) is 0 Å². The summed E-state index contributed by atoms with van der Waals surface area (Å²) in [5.41, 5.74) is 0. The van der Waals surface area contributed by atoms with Crippen molar-refractivity contribution in [1.82, 2.24) is 20.5 Å². The molecule has 1 aromatic rings. The van der Waals surface area contributed by atoms with E-state index in [0.29, 0.717) is 12.0 Å². The SMILES string of the molecule is CCNC(C)Cc1nc(C2CCCCC2)n[nH]1. The molecule has 1 atom stereocenters. The number of nitrogens with one attached hydrogen (secondary N) is 2. The first kappa shape index (κ1) is 12.6. The van der Waals surface area contributed by atoms with Gasteiger partial charge in [-0.2, -0.15) is 5.10 Å². The van der Waals surface area contributed by atoms with Crippen LogP contribution in [0.15, 0.2) is 0 Å². The Hall–Kier alpha value is -0.900. The molecule has 96 valence electrons. The van der Waals surface area contributed by atoms with Crippen molar-refractivity contribution < 1.29 is 0 Å². The molecule has 1 aliphatic rings. The number of nitrogens with zero attached hydrogens (tertiary/aromatic N) is 2. The third-order valence-corrected chi connectivity index (χ3v) is 3.57. The smallest absolute Gasteiger partial charge is 0.153 e. The summed E-state index contributed by atoms with van der Waals surface area (Å²) >= 11 is 0. The lowest BCUT2D eigenvalue weighted by molar-refractivity contribution is 0.429. The first-order valence-corrected chi connectivity index (χ1v) is 6.94. The number of hydrogen-bond acceptors (Lipinski definition) is 3. The van der Waals surface area contributed by atoms with E-state index in [1.165, 1.54) is 32.1 Å². The highest BCUT2D eigenvalue weighted by Gasteiger charge is 2.19. The van der Waals surface area contributed by atoms with Crippen molar-refractivity contribution in [3.63, 3.8) is 0 Å². The van der Waals surface area contributed by atoms with Crippen molar-refractivity contribution in [2.24, 2.45) is 0 Å². The van der Waals surface area contributed by atoms with E-state index in [-0.39, 0.29) is 0 Å². The predicted octanol–water partition coefficient (Wildman–Crippen LogP) is 2.39. The molecule has 1 fully saturated rings. The molecule has 0 amide bonds. The van der Waals surface area contributed by atoms with Crippen LogP contribution in [0.1, 0.15) is 63.5 Å². The number of rotatable bonds is 5. The van der Waals surface area contributed by atoms with E-state index in [2.05, 4.69) is 34.3 Å². The molecule has 1 heterocycles. The van der Waals surface area contributed by atoms with Crippen LogP contribution >= 0.6 is 0 Å². The van der Waals surface area contributed by atoms with Gasteiger partial charge in [-0.1, -0.05) is 26.2 Å². The van der Waals surface area contributed by atoms with Crippen LogP contribution in [0, 0.1) is 0 Å². The van der Waals surface area contributed by atoms with Gasteiger partial charge >= 0.3 is 0 Å². The summed E-state index contributed by atoms with van der Waals surface area (Å²) < 4.78 is 0. The third kappa shape index (κ3) is 3.53. The summed E-state index contributed by atoms with van der Waals surface area (Å²) in [6.45, 7) is 5.32. The van der Waals surface area contributed by atoms with E-state index in [1.807, 2.05) is 0 Å². The van der Waals surface area contributed by atoms with Crippen LogP contribution in [-0.2, 0) is 6.42 Å². The maximum absolute atomic E-state index is 4.65. The number of aromatic nitrogens is 3. The Labute approximate surface area is 104 Å². The average molecular weight is 236 g/mol. The van der Waals surface area contributed by atoms with E-state index < -0.39 is 0 Å². The van der Waals surface area contributed by atoms with Crippen LogP contribution < -0.4 is 5.32 Å². The maximum Gasteiger partial charge on any atom is 0.153 e. The molecule has 0 aromatic carbocycles. The molecule has 4 nitrogen and oxygen atoms in total. The molecule has 17 heavy (non-hydrogen) atoms. The number of H-pyrrole nitrogens is 1. The van der Waals surface area contributed by atoms with Crippen molar-refractivity contribution in [1.29, 1.82) is 0 Å². The highest BCUT2D eigenvalue weighted by Crippen LogP contribution is 2.30. The lowest BCUT2D eigenvalue weighted by Gasteiger charge is -2.18. The van der Waals surface area contributed by atoms with Gasteiger partial charge in [0.1, 0.15) is 5.82 Å². The van der Waals surface area contributed by atoms with Gasteiger partial charge in [0, 0.05) is 18.4 Å². The Balaban J connectivity index is 1.90. The van der Waals surface area contributed by atoms with Gasteiger partial charge in [0.2, 0.25) is 0 Å². The molecule has 1 unspecified atom stereocenters. The van der Waals surface area contributed by atoms with Gasteiger partial charge < -0.3 is 5.32 Å². The van der Waals surface area contributed by atoms with E-state index in [1.54, 1.807) is 0 Å². The Morgan fingerprint density at radius 2 is 2.12 bits per heavy atom. The average Bonchev–Trinajstić information content (AvgIpc) is 2.79. The Morgan fingerprint density at radius 3 is 2.82 bits per heavy atom. The monoisotopic (exact) mass is 236 g/mol. The fourth-order valence-corrected chi connectivity index (χ4v) is 2.66. The van der Waals surface area contributed by atoms with Crippen LogP contribution in [0.4, 0.5) is 0 Å². The quantitative estimate of drug-likeness (QED) is 0.825. The zero-order valence-corrected chi connectivity index (χ0v) is 11.0. The predicted molar refractivity (Wildman–Crippen MR) is 69.1 cm³/mol. The van der Waals surface area contributed by atoms with Crippen molar-refractivity contribution >= 4 is 0 Å². The molecule has 0 aliphatic heterocycles. The lowest BCUT2D eigenvalue weighted by Crippen LogP contribution is -2.28. The molecule has 4 heteroatoms. The zero-order valence-electron chi connectivity index (χ0n) is 11.0. The molecule has 1 saturated carbocycles. The zero-order chi connectivity index (χ0) is 12.1. The summed E-state index contributed by atoms with van der Waals surface area (Å²) in [7, 11) is 0. The standard InChI is InChI=1S/C13H24N4/c1-3-14-10(2)9-12-15-13(17-16-12)11-7-5-4-6-8-11/h10-11,14H,3-9H2,1-2H3,(H,15,16,17). The number of likely N-dealkylation sites (N-methyl/N-ethyl adjacent to an activating group) is 1. The first-order valence-electron chi connectivity index (χ1n) is 6.94. The molecule has 0 radical (unpaired) electrons. The van der Waals surface area contributed by atoms with Crippen LogP contribution in [0.2, 0.25) is 0 Å². The molecule has 0 saturated heterocycles. The Morgan fingerprint density at radius 1 is 1.35 bits per heavy atom. The van der Waals surface area contributed by atoms with Crippen molar-refractivity contribution in [3.8, 4) is 0 Å². The molecule has 0 bridgehead atoms. The Kier molecular flexibility index (Phi) is 4.54. The van der Waals surface area contributed by atoms with Gasteiger partial charge in [0.05, 0.1) is 0 Å². The summed E-state index contributed by atoms with van der Waals surface area (Å²) in [4.78, 5) is 4.65. The summed E-state index contributed by atoms with van der Waals surface area (Å²) in [6.07, 6.45) is 7.52. The molecular weight excluding hydrogens is 212 g/mol.